The fourth-order valence-electron chi connectivity index (χ4n) is 4.11. The molecule has 1 atom stereocenters. The fraction of sp³-hybridized carbons (Fsp3) is 0.741. The minimum atomic E-state index is 0.765. The second-order valence-electron chi connectivity index (χ2n) is 8.51. The number of aryl methyl sites for hydroxylation is 1. The number of unbranched alkanes of at least 4 members (excludes halogenated alkanes) is 11. The van der Waals surface area contributed by atoms with Crippen LogP contribution in [0, 0.1) is 6.92 Å². The Kier molecular flexibility index (Phi) is 15.6. The summed E-state index contributed by atoms with van der Waals surface area (Å²) in [5.41, 5.74) is 3.11. The van der Waals surface area contributed by atoms with Gasteiger partial charge >= 0.3 is 0 Å². The van der Waals surface area contributed by atoms with Gasteiger partial charge < -0.3 is 0 Å². The molecule has 0 saturated heterocycles. The van der Waals surface area contributed by atoms with E-state index in [9.17, 15) is 0 Å². The minimum absolute atomic E-state index is 0.765. The van der Waals surface area contributed by atoms with Crippen LogP contribution >= 0.6 is 0 Å². The maximum Gasteiger partial charge on any atom is -0.0162 e. The first-order valence-corrected chi connectivity index (χ1v) is 12.2. The van der Waals surface area contributed by atoms with Gasteiger partial charge in [-0.1, -0.05) is 129 Å². The Labute approximate surface area is 171 Å². The summed E-state index contributed by atoms with van der Waals surface area (Å²) < 4.78 is 0. The quantitative estimate of drug-likeness (QED) is 0.225. The highest BCUT2D eigenvalue weighted by Crippen LogP contribution is 2.29. The molecule has 0 aromatic heterocycles. The molecule has 155 valence electrons. The van der Waals surface area contributed by atoms with Gasteiger partial charge in [-0.3, -0.25) is 0 Å². The maximum atomic E-state index is 4.02. The van der Waals surface area contributed by atoms with E-state index in [4.69, 9.17) is 0 Å². The Morgan fingerprint density at radius 1 is 0.630 bits per heavy atom. The molecule has 0 aliphatic carbocycles. The van der Waals surface area contributed by atoms with Gasteiger partial charge in [0.15, 0.2) is 0 Å². The van der Waals surface area contributed by atoms with E-state index >= 15 is 0 Å². The van der Waals surface area contributed by atoms with Crippen LogP contribution < -0.4 is 0 Å². The Bertz CT molecular complexity index is 416. The number of hydrogen-bond donors (Lipinski definition) is 0. The predicted molar refractivity (Wildman–Crippen MR) is 123 cm³/mol. The number of rotatable bonds is 18. The van der Waals surface area contributed by atoms with Crippen molar-refractivity contribution in [3.63, 3.8) is 0 Å². The molecule has 1 unspecified atom stereocenters. The molecule has 0 heteroatoms. The fourth-order valence-corrected chi connectivity index (χ4v) is 4.11. The predicted octanol–water partition coefficient (Wildman–Crippen LogP) is 9.43. The van der Waals surface area contributed by atoms with Crippen molar-refractivity contribution < 1.29 is 0 Å². The molecule has 1 radical (unpaired) electrons. The van der Waals surface area contributed by atoms with Gasteiger partial charge in [-0.05, 0) is 42.7 Å². The van der Waals surface area contributed by atoms with Crippen LogP contribution in [0.2, 0.25) is 0 Å². The molecule has 0 fully saturated rings. The molecule has 0 amide bonds. The van der Waals surface area contributed by atoms with Gasteiger partial charge in [-0.2, -0.15) is 0 Å². The van der Waals surface area contributed by atoms with Crippen molar-refractivity contribution in [1.82, 2.24) is 0 Å². The van der Waals surface area contributed by atoms with E-state index < -0.39 is 0 Å². The molecule has 0 bridgehead atoms. The lowest BCUT2D eigenvalue weighted by molar-refractivity contribution is 0.494. The van der Waals surface area contributed by atoms with E-state index in [0.29, 0.717) is 0 Å². The van der Waals surface area contributed by atoms with E-state index in [-0.39, 0.29) is 0 Å². The number of benzene rings is 1. The summed E-state index contributed by atoms with van der Waals surface area (Å²) in [4.78, 5) is 0. The van der Waals surface area contributed by atoms with Gasteiger partial charge in [0.1, 0.15) is 0 Å². The normalized spacial score (nSPS) is 12.4. The lowest BCUT2D eigenvalue weighted by Gasteiger charge is -2.18. The minimum Gasteiger partial charge on any atom is -0.0654 e. The molecular formula is C27H47. The molecule has 0 heterocycles. The highest BCUT2D eigenvalue weighted by molar-refractivity contribution is 5.25. The first-order chi connectivity index (χ1) is 13.3. The van der Waals surface area contributed by atoms with Crippen LogP contribution in [-0.2, 0) is 6.42 Å². The summed E-state index contributed by atoms with van der Waals surface area (Å²) in [6.07, 6.45) is 23.0. The van der Waals surface area contributed by atoms with Gasteiger partial charge in [0.2, 0.25) is 0 Å². The molecule has 0 saturated carbocycles. The lowest BCUT2D eigenvalue weighted by atomic mass is 9.87. The van der Waals surface area contributed by atoms with Crippen LogP contribution in [0.1, 0.15) is 134 Å². The van der Waals surface area contributed by atoms with Gasteiger partial charge in [-0.15, -0.1) is 0 Å². The Balaban J connectivity index is 2.38. The zero-order valence-electron chi connectivity index (χ0n) is 18.6. The van der Waals surface area contributed by atoms with Crippen molar-refractivity contribution in [1.29, 1.82) is 0 Å². The van der Waals surface area contributed by atoms with Gasteiger partial charge in [0, 0.05) is 0 Å². The lowest BCUT2D eigenvalue weighted by Crippen LogP contribution is -2.00. The van der Waals surface area contributed by atoms with Crippen molar-refractivity contribution in [2.75, 3.05) is 0 Å². The summed E-state index contributed by atoms with van der Waals surface area (Å²) in [6, 6.07) is 9.65. The summed E-state index contributed by atoms with van der Waals surface area (Å²) in [7, 11) is 0. The molecule has 1 aromatic carbocycles. The van der Waals surface area contributed by atoms with Gasteiger partial charge in [-0.25, -0.2) is 0 Å². The Morgan fingerprint density at radius 2 is 1.15 bits per heavy atom. The molecule has 1 rings (SSSR count). The molecular weight excluding hydrogens is 324 g/mol. The molecule has 0 N–H and O–H groups in total. The third-order valence-electron chi connectivity index (χ3n) is 5.98. The third kappa shape index (κ3) is 12.3. The second-order valence-corrected chi connectivity index (χ2v) is 8.51. The summed E-state index contributed by atoms with van der Waals surface area (Å²) >= 11 is 0. The molecule has 0 spiro atoms. The second kappa shape index (κ2) is 17.3. The van der Waals surface area contributed by atoms with Crippen LogP contribution in [0.4, 0.5) is 0 Å². The Morgan fingerprint density at radius 3 is 1.74 bits per heavy atom. The van der Waals surface area contributed by atoms with Crippen LogP contribution in [0.3, 0.4) is 0 Å². The molecule has 1 aromatic rings. The third-order valence-corrected chi connectivity index (χ3v) is 5.98. The van der Waals surface area contributed by atoms with E-state index in [1.54, 1.807) is 5.56 Å². The zero-order valence-corrected chi connectivity index (χ0v) is 18.6. The van der Waals surface area contributed by atoms with E-state index in [2.05, 4.69) is 45.0 Å². The maximum absolute atomic E-state index is 4.02. The SMILES string of the molecule is [CH2]CCCCC(CCCCCCCCCC)c1ccc(CCCCC)cc1. The van der Waals surface area contributed by atoms with Crippen molar-refractivity contribution in [3.05, 3.63) is 42.3 Å². The molecule has 0 nitrogen and oxygen atoms in total. The monoisotopic (exact) mass is 371 g/mol. The average Bonchev–Trinajstić information content (AvgIpc) is 2.69. The highest BCUT2D eigenvalue weighted by atomic mass is 14.2. The van der Waals surface area contributed by atoms with Crippen LogP contribution in [-0.4, -0.2) is 0 Å². The highest BCUT2D eigenvalue weighted by Gasteiger charge is 2.11. The molecule has 0 aliphatic heterocycles. The zero-order chi connectivity index (χ0) is 19.6. The van der Waals surface area contributed by atoms with Gasteiger partial charge in [0.25, 0.3) is 0 Å². The first-order valence-electron chi connectivity index (χ1n) is 12.2. The van der Waals surface area contributed by atoms with E-state index in [0.717, 1.165) is 12.3 Å². The summed E-state index contributed by atoms with van der Waals surface area (Å²) in [5.74, 6) is 0.765. The standard InChI is InChI=1S/C27H47/c1-4-7-10-11-12-13-14-17-20-26(19-16-9-6-3)27-23-21-25(22-24-27)18-15-8-5-2/h21-24,26H,3-20H2,1-2H3. The van der Waals surface area contributed by atoms with Crippen molar-refractivity contribution >= 4 is 0 Å². The van der Waals surface area contributed by atoms with Crippen molar-refractivity contribution in [2.45, 2.75) is 129 Å². The van der Waals surface area contributed by atoms with E-state index in [1.807, 2.05) is 0 Å². The van der Waals surface area contributed by atoms with Crippen LogP contribution in [0.5, 0.6) is 0 Å². The van der Waals surface area contributed by atoms with Gasteiger partial charge in [0.05, 0.1) is 0 Å². The van der Waals surface area contributed by atoms with Crippen LogP contribution in [0.15, 0.2) is 24.3 Å². The largest absolute Gasteiger partial charge is 0.0654 e. The van der Waals surface area contributed by atoms with Crippen molar-refractivity contribution in [3.8, 4) is 0 Å². The Hall–Kier alpha value is -0.780. The topological polar surface area (TPSA) is 0 Å². The number of hydrogen-bond acceptors (Lipinski definition) is 0. The van der Waals surface area contributed by atoms with E-state index in [1.165, 1.54) is 108 Å². The first kappa shape index (κ1) is 24.3. The van der Waals surface area contributed by atoms with Crippen LogP contribution in [0.25, 0.3) is 0 Å². The molecule has 0 aliphatic rings. The van der Waals surface area contributed by atoms with Crippen molar-refractivity contribution in [2.24, 2.45) is 0 Å². The smallest absolute Gasteiger partial charge is 0.0162 e. The molecule has 27 heavy (non-hydrogen) atoms. The average molecular weight is 372 g/mol. The summed E-state index contributed by atoms with van der Waals surface area (Å²) in [5, 5.41) is 0. The summed E-state index contributed by atoms with van der Waals surface area (Å²) in [6.45, 7) is 8.60.